The van der Waals surface area contributed by atoms with Crippen LogP contribution in [-0.2, 0) is 12.8 Å². The van der Waals surface area contributed by atoms with Gasteiger partial charge in [0.05, 0.1) is 4.92 Å². The van der Waals surface area contributed by atoms with Gasteiger partial charge in [0.25, 0.3) is 0 Å². The minimum Gasteiger partial charge on any atom is -0.424 e. The van der Waals surface area contributed by atoms with Crippen molar-refractivity contribution in [3.8, 4) is 11.8 Å². The Kier molecular flexibility index (Phi) is 3.39. The zero-order chi connectivity index (χ0) is 14.8. The average molecular weight is 286 g/mol. The third-order valence-corrected chi connectivity index (χ3v) is 3.53. The Bertz CT molecular complexity index is 703. The lowest BCUT2D eigenvalue weighted by molar-refractivity contribution is -0.384. The van der Waals surface area contributed by atoms with Crippen molar-refractivity contribution in [1.82, 2.24) is 9.97 Å². The largest absolute Gasteiger partial charge is 0.424 e. The Hall–Kier alpha value is -2.70. The van der Waals surface area contributed by atoms with E-state index in [9.17, 15) is 10.1 Å². The first-order valence-electron chi connectivity index (χ1n) is 6.70. The van der Waals surface area contributed by atoms with Crippen LogP contribution < -0.4 is 10.5 Å². The van der Waals surface area contributed by atoms with Crippen LogP contribution in [0.2, 0.25) is 0 Å². The third kappa shape index (κ3) is 2.62. The quantitative estimate of drug-likeness (QED) is 0.687. The highest BCUT2D eigenvalue weighted by Crippen LogP contribution is 2.32. The van der Waals surface area contributed by atoms with Gasteiger partial charge in [0.1, 0.15) is 11.9 Å². The highest BCUT2D eigenvalue weighted by molar-refractivity contribution is 5.51. The molecule has 0 radical (unpaired) electrons. The number of hydrogen-bond donors (Lipinski definition) is 1. The lowest BCUT2D eigenvalue weighted by Crippen LogP contribution is -2.06. The molecule has 21 heavy (non-hydrogen) atoms. The van der Waals surface area contributed by atoms with E-state index in [2.05, 4.69) is 16.0 Å². The molecule has 1 aromatic carbocycles. The van der Waals surface area contributed by atoms with Crippen LogP contribution in [0.3, 0.4) is 0 Å². The molecular weight excluding hydrogens is 272 g/mol. The molecule has 2 aromatic rings. The summed E-state index contributed by atoms with van der Waals surface area (Å²) in [5, 5.41) is 10.7. The minimum atomic E-state index is -0.622. The standard InChI is InChI=1S/C14H14N4O3/c15-13-11(18(19)20)8-16-14(17-13)21-12-7-3-5-9-4-1-2-6-10(9)12/h3,5,7-8H,1-2,4,6H2,(H2,15,16,17). The maximum atomic E-state index is 10.7. The summed E-state index contributed by atoms with van der Waals surface area (Å²) in [6.07, 6.45) is 5.35. The zero-order valence-corrected chi connectivity index (χ0v) is 11.3. The number of rotatable bonds is 3. The Morgan fingerprint density at radius 3 is 2.86 bits per heavy atom. The van der Waals surface area contributed by atoms with Crippen LogP contribution in [0.4, 0.5) is 11.5 Å². The molecule has 1 aliphatic carbocycles. The molecule has 0 bridgehead atoms. The van der Waals surface area contributed by atoms with Gasteiger partial charge in [0.15, 0.2) is 0 Å². The summed E-state index contributed by atoms with van der Waals surface area (Å²) in [5.41, 5.74) is 7.65. The summed E-state index contributed by atoms with van der Waals surface area (Å²) >= 11 is 0. The van der Waals surface area contributed by atoms with Gasteiger partial charge in [-0.15, -0.1) is 0 Å². The maximum Gasteiger partial charge on any atom is 0.329 e. The molecule has 0 unspecified atom stereocenters. The van der Waals surface area contributed by atoms with Crippen molar-refractivity contribution in [1.29, 1.82) is 0 Å². The van der Waals surface area contributed by atoms with E-state index in [1.807, 2.05) is 12.1 Å². The second-order valence-electron chi connectivity index (χ2n) is 4.88. The van der Waals surface area contributed by atoms with E-state index in [1.165, 1.54) is 12.0 Å². The van der Waals surface area contributed by atoms with Gasteiger partial charge < -0.3 is 10.5 Å². The highest BCUT2D eigenvalue weighted by atomic mass is 16.6. The van der Waals surface area contributed by atoms with E-state index in [4.69, 9.17) is 10.5 Å². The van der Waals surface area contributed by atoms with Crippen LogP contribution in [0.1, 0.15) is 24.0 Å². The van der Waals surface area contributed by atoms with Crippen LogP contribution in [0.25, 0.3) is 0 Å². The molecule has 0 saturated heterocycles. The molecule has 0 aliphatic heterocycles. The number of anilines is 1. The first-order valence-corrected chi connectivity index (χ1v) is 6.70. The number of fused-ring (bicyclic) bond motifs is 1. The van der Waals surface area contributed by atoms with Crippen LogP contribution in [0, 0.1) is 10.1 Å². The first kappa shape index (κ1) is 13.3. The number of nitrogens with zero attached hydrogens (tertiary/aromatic N) is 3. The molecule has 7 nitrogen and oxygen atoms in total. The summed E-state index contributed by atoms with van der Waals surface area (Å²) in [4.78, 5) is 17.8. The maximum absolute atomic E-state index is 10.7. The van der Waals surface area contributed by atoms with Crippen molar-refractivity contribution < 1.29 is 9.66 Å². The van der Waals surface area contributed by atoms with E-state index < -0.39 is 4.92 Å². The summed E-state index contributed by atoms with van der Waals surface area (Å²) in [5.74, 6) is 0.496. The van der Waals surface area contributed by atoms with Crippen molar-refractivity contribution in [2.24, 2.45) is 0 Å². The fraction of sp³-hybridized carbons (Fsp3) is 0.286. The molecule has 2 N–H and O–H groups in total. The molecule has 0 fully saturated rings. The van der Waals surface area contributed by atoms with Crippen molar-refractivity contribution in [3.05, 3.63) is 45.6 Å². The fourth-order valence-electron chi connectivity index (χ4n) is 2.50. The van der Waals surface area contributed by atoms with Crippen LogP contribution >= 0.6 is 0 Å². The van der Waals surface area contributed by atoms with Crippen molar-refractivity contribution in [2.45, 2.75) is 25.7 Å². The van der Waals surface area contributed by atoms with Gasteiger partial charge >= 0.3 is 11.7 Å². The van der Waals surface area contributed by atoms with E-state index in [0.717, 1.165) is 31.0 Å². The van der Waals surface area contributed by atoms with Gasteiger partial charge in [-0.05, 0) is 42.9 Å². The SMILES string of the molecule is Nc1nc(Oc2cccc3c2CCCC3)ncc1[N+](=O)[O-]. The molecule has 1 aromatic heterocycles. The minimum absolute atomic E-state index is 0.0251. The monoisotopic (exact) mass is 286 g/mol. The fourth-order valence-corrected chi connectivity index (χ4v) is 2.50. The number of hydrogen-bond acceptors (Lipinski definition) is 6. The topological polar surface area (TPSA) is 104 Å². The normalized spacial score (nSPS) is 13.5. The summed E-state index contributed by atoms with van der Waals surface area (Å²) < 4.78 is 5.67. The molecule has 108 valence electrons. The third-order valence-electron chi connectivity index (χ3n) is 3.53. The van der Waals surface area contributed by atoms with Gasteiger partial charge in [-0.25, -0.2) is 0 Å². The molecule has 0 atom stereocenters. The van der Waals surface area contributed by atoms with Crippen molar-refractivity contribution >= 4 is 11.5 Å². The Morgan fingerprint density at radius 2 is 2.10 bits per heavy atom. The van der Waals surface area contributed by atoms with Gasteiger partial charge in [-0.3, -0.25) is 10.1 Å². The van der Waals surface area contributed by atoms with Crippen LogP contribution in [0.15, 0.2) is 24.4 Å². The number of ether oxygens (including phenoxy) is 1. The number of nitrogen functional groups attached to an aromatic ring is 1. The Labute approximate surface area is 120 Å². The molecule has 7 heteroatoms. The first-order chi connectivity index (χ1) is 10.1. The molecule has 0 saturated carbocycles. The van der Waals surface area contributed by atoms with E-state index in [-0.39, 0.29) is 17.5 Å². The van der Waals surface area contributed by atoms with Gasteiger partial charge in [0.2, 0.25) is 5.82 Å². The van der Waals surface area contributed by atoms with Crippen LogP contribution in [0.5, 0.6) is 11.8 Å². The smallest absolute Gasteiger partial charge is 0.329 e. The Morgan fingerprint density at radius 1 is 1.29 bits per heavy atom. The molecule has 0 spiro atoms. The van der Waals surface area contributed by atoms with E-state index in [0.29, 0.717) is 5.75 Å². The van der Waals surface area contributed by atoms with Crippen molar-refractivity contribution in [2.75, 3.05) is 5.73 Å². The highest BCUT2D eigenvalue weighted by Gasteiger charge is 2.18. The molecule has 0 amide bonds. The van der Waals surface area contributed by atoms with Gasteiger partial charge in [-0.1, -0.05) is 12.1 Å². The lowest BCUT2D eigenvalue weighted by atomic mass is 9.91. The predicted molar refractivity (Wildman–Crippen MR) is 76.3 cm³/mol. The second kappa shape index (κ2) is 5.35. The molecular formula is C14H14N4O3. The Balaban J connectivity index is 1.91. The molecule has 3 rings (SSSR count). The number of aryl methyl sites for hydroxylation is 1. The van der Waals surface area contributed by atoms with Crippen LogP contribution in [-0.4, -0.2) is 14.9 Å². The number of nitrogens with two attached hydrogens (primary N) is 1. The van der Waals surface area contributed by atoms with Gasteiger partial charge in [-0.2, -0.15) is 9.97 Å². The molecule has 1 aliphatic rings. The van der Waals surface area contributed by atoms with Crippen molar-refractivity contribution in [3.63, 3.8) is 0 Å². The van der Waals surface area contributed by atoms with E-state index >= 15 is 0 Å². The zero-order valence-electron chi connectivity index (χ0n) is 11.3. The molecule has 1 heterocycles. The number of aromatic nitrogens is 2. The average Bonchev–Trinajstić information content (AvgIpc) is 2.47. The lowest BCUT2D eigenvalue weighted by Gasteiger charge is -2.18. The summed E-state index contributed by atoms with van der Waals surface area (Å²) in [6.45, 7) is 0. The summed E-state index contributed by atoms with van der Waals surface area (Å²) in [6, 6.07) is 5.89. The van der Waals surface area contributed by atoms with Gasteiger partial charge in [0, 0.05) is 0 Å². The van der Waals surface area contributed by atoms with E-state index in [1.54, 1.807) is 0 Å². The predicted octanol–water partition coefficient (Wildman–Crippen LogP) is 2.64. The number of benzene rings is 1. The number of nitro groups is 1. The second-order valence-corrected chi connectivity index (χ2v) is 4.88. The summed E-state index contributed by atoms with van der Waals surface area (Å²) in [7, 11) is 0.